The molecule has 0 radical (unpaired) electrons. The van der Waals surface area contributed by atoms with Gasteiger partial charge in [-0.2, -0.15) is 10.4 Å². The predicted octanol–water partition coefficient (Wildman–Crippen LogP) is 7.44. The molecule has 1 saturated heterocycles. The van der Waals surface area contributed by atoms with Crippen LogP contribution >= 0.6 is 8.25 Å². The number of hydrogen-bond donors (Lipinski definition) is 3. The van der Waals surface area contributed by atoms with Crippen molar-refractivity contribution in [2.24, 2.45) is 0 Å². The number of aliphatic hydroxyl groups excluding tert-OH is 2. The first-order chi connectivity index (χ1) is 26.4. The highest BCUT2D eigenvalue weighted by molar-refractivity contribution is 7.33. The van der Waals surface area contributed by atoms with Gasteiger partial charge in [0.15, 0.2) is 5.82 Å². The van der Waals surface area contributed by atoms with Crippen molar-refractivity contribution in [3.63, 3.8) is 0 Å². The SMILES string of the molecule is CCCCCCCCCCCCCCCCCCOC[C@H](CO[PH](=O)OC[C@H]1O[C@@](C#N)(c2ccc3c(N)ncnn23)[C@H](O)[C@@H]1O)OCc1ccccc1. The average molecular weight is 772 g/mol. The lowest BCUT2D eigenvalue weighted by Crippen LogP contribution is -2.41. The monoisotopic (exact) mass is 771 g/mol. The standard InChI is InChI=1S/C40H62N5O8P/c1-2-3-4-5-6-7-8-9-10-11-12-13-14-15-16-20-25-49-27-33(50-26-32-21-18-17-19-22-32)28-51-54(48)52-29-35-37(46)38(47)40(30-41,53-35)36-24-23-34-39(42)43-31-44-45(34)36/h17-19,21-24,31,33,35,37-38,46-47,54H,2-16,20,25-29H2,1H3,(H2,42,43,44)/t33-,35-,37-,38-,40+/m1/s1. The summed E-state index contributed by atoms with van der Waals surface area (Å²) >= 11 is 0. The second-order valence-electron chi connectivity index (χ2n) is 14.3. The third-order valence-electron chi connectivity index (χ3n) is 10.0. The number of rotatable bonds is 29. The normalized spacial score (nSPS) is 21.0. The van der Waals surface area contributed by atoms with Gasteiger partial charge in [0, 0.05) is 6.61 Å². The summed E-state index contributed by atoms with van der Waals surface area (Å²) in [6, 6.07) is 14.8. The van der Waals surface area contributed by atoms with E-state index in [9.17, 15) is 20.0 Å². The van der Waals surface area contributed by atoms with Crippen molar-refractivity contribution in [1.29, 1.82) is 5.26 Å². The number of aromatic nitrogens is 3. The van der Waals surface area contributed by atoms with Crippen LogP contribution in [-0.2, 0) is 40.0 Å². The lowest BCUT2D eigenvalue weighted by Gasteiger charge is -2.24. The zero-order chi connectivity index (χ0) is 38.4. The third-order valence-corrected chi connectivity index (χ3v) is 10.8. The van der Waals surface area contributed by atoms with E-state index in [1.165, 1.54) is 107 Å². The molecule has 4 rings (SSSR count). The molecule has 1 aromatic carbocycles. The van der Waals surface area contributed by atoms with E-state index in [2.05, 4.69) is 17.0 Å². The Morgan fingerprint density at radius 3 is 2.17 bits per heavy atom. The van der Waals surface area contributed by atoms with Crippen LogP contribution in [0, 0.1) is 11.3 Å². The summed E-state index contributed by atoms with van der Waals surface area (Å²) in [7, 11) is -3.08. The van der Waals surface area contributed by atoms with Gasteiger partial charge in [-0.25, -0.2) is 9.50 Å². The molecule has 14 heteroatoms. The summed E-state index contributed by atoms with van der Waals surface area (Å²) < 4.78 is 43.0. The first-order valence-corrected chi connectivity index (χ1v) is 21.2. The maximum atomic E-state index is 12.8. The Labute approximate surface area is 321 Å². The Morgan fingerprint density at radius 1 is 0.907 bits per heavy atom. The van der Waals surface area contributed by atoms with E-state index < -0.39 is 44.9 Å². The van der Waals surface area contributed by atoms with Gasteiger partial charge < -0.3 is 39.2 Å². The molecule has 13 nitrogen and oxygen atoms in total. The second-order valence-corrected chi connectivity index (χ2v) is 15.3. The number of ether oxygens (including phenoxy) is 3. The fraction of sp³-hybridized carbons (Fsp3) is 0.675. The number of nitriles is 1. The molecule has 6 atom stereocenters. The van der Waals surface area contributed by atoms with Crippen molar-refractivity contribution < 1.29 is 38.0 Å². The first kappa shape index (κ1) is 43.8. The van der Waals surface area contributed by atoms with Gasteiger partial charge >= 0.3 is 8.25 Å². The number of hydrogen-bond acceptors (Lipinski definition) is 12. The topological polar surface area (TPSA) is 184 Å². The zero-order valence-corrected chi connectivity index (χ0v) is 33.0. The fourth-order valence-corrected chi connectivity index (χ4v) is 7.51. The molecule has 3 heterocycles. The Hall–Kier alpha value is -2.92. The second kappa shape index (κ2) is 24.6. The van der Waals surface area contributed by atoms with Gasteiger partial charge in [-0.15, -0.1) is 0 Å². The van der Waals surface area contributed by atoms with Crippen LogP contribution in [0.2, 0.25) is 0 Å². The van der Waals surface area contributed by atoms with E-state index in [-0.39, 0.29) is 24.7 Å². The minimum Gasteiger partial charge on any atom is -0.387 e. The highest BCUT2D eigenvalue weighted by Crippen LogP contribution is 2.41. The summed E-state index contributed by atoms with van der Waals surface area (Å²) in [6.45, 7) is 3.03. The van der Waals surface area contributed by atoms with Crippen LogP contribution in [0.1, 0.15) is 121 Å². The lowest BCUT2D eigenvalue weighted by atomic mass is 9.92. The summed E-state index contributed by atoms with van der Waals surface area (Å²) in [5, 5.41) is 36.0. The number of aliphatic hydroxyl groups is 2. The van der Waals surface area contributed by atoms with Crippen LogP contribution in [0.4, 0.5) is 5.82 Å². The summed E-state index contributed by atoms with van der Waals surface area (Å²) in [6.07, 6.45) is 17.3. The van der Waals surface area contributed by atoms with Gasteiger partial charge in [-0.05, 0) is 24.1 Å². The van der Waals surface area contributed by atoms with Crippen molar-refractivity contribution in [2.75, 3.05) is 32.2 Å². The molecule has 1 fully saturated rings. The molecule has 1 aliphatic heterocycles. The molecular weight excluding hydrogens is 709 g/mol. The Bertz CT molecular complexity index is 1540. The van der Waals surface area contributed by atoms with Gasteiger partial charge in [0.25, 0.3) is 0 Å². The Kier molecular flexibility index (Phi) is 19.9. The van der Waals surface area contributed by atoms with Crippen molar-refractivity contribution in [2.45, 2.75) is 146 Å². The Balaban J connectivity index is 1.12. The van der Waals surface area contributed by atoms with E-state index in [1.54, 1.807) is 6.07 Å². The largest absolute Gasteiger partial charge is 0.387 e. The van der Waals surface area contributed by atoms with Crippen LogP contribution in [0.5, 0.6) is 0 Å². The third kappa shape index (κ3) is 13.7. The number of nitrogens with two attached hydrogens (primary N) is 1. The molecule has 1 aliphatic rings. The smallest absolute Gasteiger partial charge is 0.319 e. The van der Waals surface area contributed by atoms with E-state index in [0.29, 0.717) is 18.7 Å². The van der Waals surface area contributed by atoms with Crippen LogP contribution in [0.3, 0.4) is 0 Å². The number of anilines is 1. The molecular formula is C40H62N5O8P. The van der Waals surface area contributed by atoms with Gasteiger partial charge in [0.2, 0.25) is 5.60 Å². The van der Waals surface area contributed by atoms with E-state index >= 15 is 0 Å². The van der Waals surface area contributed by atoms with Crippen LogP contribution in [-0.4, -0.2) is 75.7 Å². The average Bonchev–Trinajstić information content (AvgIpc) is 3.74. The predicted molar refractivity (Wildman–Crippen MR) is 208 cm³/mol. The molecule has 54 heavy (non-hydrogen) atoms. The number of unbranched alkanes of at least 4 members (excludes halogenated alkanes) is 15. The lowest BCUT2D eigenvalue weighted by molar-refractivity contribution is -0.0642. The molecule has 0 aliphatic carbocycles. The molecule has 300 valence electrons. The quantitative estimate of drug-likeness (QED) is 0.0469. The van der Waals surface area contributed by atoms with Gasteiger partial charge in [0.05, 0.1) is 32.1 Å². The van der Waals surface area contributed by atoms with E-state index in [4.69, 9.17) is 29.0 Å². The molecule has 0 saturated carbocycles. The number of nitrogens with zero attached hydrogens (tertiary/aromatic N) is 4. The van der Waals surface area contributed by atoms with E-state index in [0.717, 1.165) is 18.4 Å². The van der Waals surface area contributed by atoms with Crippen LogP contribution in [0.15, 0.2) is 48.8 Å². The maximum Gasteiger partial charge on any atom is 0.319 e. The van der Waals surface area contributed by atoms with Crippen LogP contribution < -0.4 is 5.73 Å². The van der Waals surface area contributed by atoms with Gasteiger partial charge in [0.1, 0.15) is 42.3 Å². The molecule has 0 amide bonds. The van der Waals surface area contributed by atoms with Crippen molar-refractivity contribution in [1.82, 2.24) is 14.6 Å². The molecule has 0 bridgehead atoms. The minimum absolute atomic E-state index is 0.0420. The van der Waals surface area contributed by atoms with E-state index in [1.807, 2.05) is 36.4 Å². The van der Waals surface area contributed by atoms with Crippen LogP contribution in [0.25, 0.3) is 5.52 Å². The molecule has 0 spiro atoms. The number of benzene rings is 1. The Morgan fingerprint density at radius 2 is 1.54 bits per heavy atom. The molecule has 2 aromatic heterocycles. The minimum atomic E-state index is -3.08. The number of nitrogen functional groups attached to an aromatic ring is 1. The molecule has 4 N–H and O–H groups in total. The maximum absolute atomic E-state index is 12.8. The van der Waals surface area contributed by atoms with Crippen molar-refractivity contribution in [3.05, 3.63) is 60.0 Å². The van der Waals surface area contributed by atoms with Gasteiger partial charge in [-0.1, -0.05) is 134 Å². The summed E-state index contributed by atoms with van der Waals surface area (Å²) in [5.74, 6) is 0.171. The molecule has 3 aromatic rings. The summed E-state index contributed by atoms with van der Waals surface area (Å²) in [4.78, 5) is 3.93. The fourth-order valence-electron chi connectivity index (χ4n) is 6.80. The molecule has 1 unspecified atom stereocenters. The summed E-state index contributed by atoms with van der Waals surface area (Å²) in [5.41, 5.74) is 5.48. The first-order valence-electron chi connectivity index (χ1n) is 20.0. The van der Waals surface area contributed by atoms with Crippen molar-refractivity contribution in [3.8, 4) is 6.07 Å². The van der Waals surface area contributed by atoms with Crippen molar-refractivity contribution >= 4 is 19.6 Å². The number of fused-ring (bicyclic) bond motifs is 1. The van der Waals surface area contributed by atoms with Gasteiger partial charge in [-0.3, -0.25) is 4.57 Å². The highest BCUT2D eigenvalue weighted by Gasteiger charge is 2.57. The highest BCUT2D eigenvalue weighted by atomic mass is 31.1. The zero-order valence-electron chi connectivity index (χ0n) is 32.0.